The third-order valence-electron chi connectivity index (χ3n) is 4.21. The number of anilines is 1. The summed E-state index contributed by atoms with van der Waals surface area (Å²) in [4.78, 5) is 15.0. The minimum Gasteiger partial charge on any atom is -0.496 e. The first kappa shape index (κ1) is 15.2. The Kier molecular flexibility index (Phi) is 3.61. The molecule has 0 spiro atoms. The Bertz CT molecular complexity index is 974. The van der Waals surface area contributed by atoms with Crippen molar-refractivity contribution >= 4 is 22.4 Å². The minimum absolute atomic E-state index is 0.0536. The number of fused-ring (bicyclic) bond motifs is 2. The first-order chi connectivity index (χ1) is 12.2. The number of aromatic nitrogens is 1. The van der Waals surface area contributed by atoms with Crippen molar-refractivity contribution < 1.29 is 14.4 Å². The Morgan fingerprint density at radius 2 is 2.16 bits per heavy atom. The van der Waals surface area contributed by atoms with Gasteiger partial charge >= 0.3 is 0 Å². The van der Waals surface area contributed by atoms with Crippen LogP contribution in [0.4, 0.5) is 11.5 Å². The van der Waals surface area contributed by atoms with E-state index in [4.69, 9.17) is 9.47 Å². The van der Waals surface area contributed by atoms with Gasteiger partial charge in [-0.25, -0.2) is 4.98 Å². The molecule has 25 heavy (non-hydrogen) atoms. The van der Waals surface area contributed by atoms with Gasteiger partial charge < -0.3 is 14.8 Å². The zero-order chi connectivity index (χ0) is 17.4. The molecule has 1 N–H and O–H groups in total. The second-order valence-electron chi connectivity index (χ2n) is 5.71. The zero-order valence-corrected chi connectivity index (χ0v) is 13.4. The number of nitro benzene ring substituents is 1. The van der Waals surface area contributed by atoms with Crippen molar-refractivity contribution in [3.05, 3.63) is 64.2 Å². The molecule has 0 saturated heterocycles. The lowest BCUT2D eigenvalue weighted by molar-refractivity contribution is -0.384. The summed E-state index contributed by atoms with van der Waals surface area (Å²) in [6.07, 6.45) is 0. The molecule has 3 aromatic rings. The number of nitrogens with zero attached hydrogens (tertiary/aromatic N) is 2. The molecule has 0 radical (unpaired) electrons. The highest BCUT2D eigenvalue weighted by molar-refractivity contribution is 5.82. The summed E-state index contributed by atoms with van der Waals surface area (Å²) < 4.78 is 11.1. The van der Waals surface area contributed by atoms with Crippen molar-refractivity contribution in [1.29, 1.82) is 0 Å². The lowest BCUT2D eigenvalue weighted by atomic mass is 10.1. The number of ether oxygens (including phenoxy) is 2. The van der Waals surface area contributed by atoms with Crippen molar-refractivity contribution in [2.24, 2.45) is 0 Å². The Hall–Kier alpha value is -3.35. The van der Waals surface area contributed by atoms with Gasteiger partial charge in [0, 0.05) is 17.5 Å². The highest BCUT2D eigenvalue weighted by atomic mass is 16.6. The molecule has 1 unspecified atom stereocenters. The number of benzene rings is 2. The lowest BCUT2D eigenvalue weighted by Crippen LogP contribution is -2.13. The van der Waals surface area contributed by atoms with Gasteiger partial charge in [0.1, 0.15) is 23.9 Å². The summed E-state index contributed by atoms with van der Waals surface area (Å²) in [6, 6.07) is 13.9. The summed E-state index contributed by atoms with van der Waals surface area (Å²) in [5.74, 6) is 2.24. The molecule has 2 heterocycles. The molecule has 0 bridgehead atoms. The molecule has 2 aromatic carbocycles. The quantitative estimate of drug-likeness (QED) is 0.577. The molecule has 7 nitrogen and oxygen atoms in total. The second kappa shape index (κ2) is 5.94. The highest BCUT2D eigenvalue weighted by Gasteiger charge is 2.28. The first-order valence-corrected chi connectivity index (χ1v) is 7.77. The maximum atomic E-state index is 10.9. The maximum absolute atomic E-state index is 10.9. The fourth-order valence-corrected chi connectivity index (χ4v) is 3.03. The van der Waals surface area contributed by atoms with E-state index < -0.39 is 4.92 Å². The van der Waals surface area contributed by atoms with E-state index in [0.29, 0.717) is 17.9 Å². The van der Waals surface area contributed by atoms with Gasteiger partial charge in [0.05, 0.1) is 29.2 Å². The van der Waals surface area contributed by atoms with E-state index in [-0.39, 0.29) is 11.7 Å². The monoisotopic (exact) mass is 337 g/mol. The number of methoxy groups -OCH3 is 1. The van der Waals surface area contributed by atoms with Gasteiger partial charge in [0.25, 0.3) is 5.69 Å². The molecular weight excluding hydrogens is 322 g/mol. The summed E-state index contributed by atoms with van der Waals surface area (Å²) in [7, 11) is 1.63. The van der Waals surface area contributed by atoms with Gasteiger partial charge in [-0.1, -0.05) is 6.07 Å². The van der Waals surface area contributed by atoms with E-state index >= 15 is 0 Å². The Labute approximate surface area is 143 Å². The van der Waals surface area contributed by atoms with Crippen molar-refractivity contribution in [1.82, 2.24) is 4.98 Å². The number of pyridine rings is 1. The number of nitro groups is 1. The van der Waals surface area contributed by atoms with Crippen LogP contribution in [0.5, 0.6) is 11.5 Å². The lowest BCUT2D eigenvalue weighted by Gasteiger charge is -2.15. The molecule has 0 amide bonds. The first-order valence-electron chi connectivity index (χ1n) is 7.77. The van der Waals surface area contributed by atoms with Crippen LogP contribution in [0.2, 0.25) is 0 Å². The Morgan fingerprint density at radius 3 is 2.96 bits per heavy atom. The molecule has 1 aromatic heterocycles. The van der Waals surface area contributed by atoms with Gasteiger partial charge in [-0.05, 0) is 30.3 Å². The van der Waals surface area contributed by atoms with Crippen LogP contribution < -0.4 is 14.8 Å². The standard InChI is InChI=1S/C18H15N3O4/c1-24-15-3-2-4-16-18(15)14(10-25-16)20-17-8-5-11-9-12(21(22)23)6-7-13(11)19-17/h2-9,14H,10H2,1H3,(H,19,20). The summed E-state index contributed by atoms with van der Waals surface area (Å²) in [5.41, 5.74) is 1.71. The number of hydrogen-bond donors (Lipinski definition) is 1. The van der Waals surface area contributed by atoms with Crippen LogP contribution in [0.15, 0.2) is 48.5 Å². The van der Waals surface area contributed by atoms with E-state index in [2.05, 4.69) is 10.3 Å². The van der Waals surface area contributed by atoms with Gasteiger partial charge in [0.15, 0.2) is 0 Å². The average molecular weight is 337 g/mol. The van der Waals surface area contributed by atoms with Crippen LogP contribution in [0.1, 0.15) is 11.6 Å². The van der Waals surface area contributed by atoms with E-state index in [9.17, 15) is 10.1 Å². The van der Waals surface area contributed by atoms with Crippen LogP contribution in [-0.4, -0.2) is 23.6 Å². The molecule has 126 valence electrons. The van der Waals surface area contributed by atoms with E-state index in [1.54, 1.807) is 19.2 Å². The summed E-state index contributed by atoms with van der Waals surface area (Å²) in [5, 5.41) is 14.9. The van der Waals surface area contributed by atoms with E-state index in [1.165, 1.54) is 12.1 Å². The SMILES string of the molecule is COc1cccc2c1C(Nc1ccc3cc([N+](=O)[O-])ccc3n1)CO2. The van der Waals surface area contributed by atoms with Crippen LogP contribution in [0.3, 0.4) is 0 Å². The number of rotatable bonds is 4. The van der Waals surface area contributed by atoms with Gasteiger partial charge in [-0.2, -0.15) is 0 Å². The molecule has 4 rings (SSSR count). The molecule has 0 fully saturated rings. The average Bonchev–Trinajstić information content (AvgIpc) is 3.04. The van der Waals surface area contributed by atoms with E-state index in [1.807, 2.05) is 24.3 Å². The van der Waals surface area contributed by atoms with Crippen LogP contribution in [-0.2, 0) is 0 Å². The Morgan fingerprint density at radius 1 is 1.28 bits per heavy atom. The molecule has 1 aliphatic rings. The fraction of sp³-hybridized carbons (Fsp3) is 0.167. The summed E-state index contributed by atoms with van der Waals surface area (Å²) >= 11 is 0. The molecule has 0 aliphatic carbocycles. The molecule has 1 aliphatic heterocycles. The second-order valence-corrected chi connectivity index (χ2v) is 5.71. The Balaban J connectivity index is 1.65. The number of non-ortho nitro benzene ring substituents is 1. The zero-order valence-electron chi connectivity index (χ0n) is 13.4. The van der Waals surface area contributed by atoms with Crippen molar-refractivity contribution in [2.75, 3.05) is 19.0 Å². The minimum atomic E-state index is -0.412. The van der Waals surface area contributed by atoms with Crippen molar-refractivity contribution in [3.8, 4) is 11.5 Å². The largest absolute Gasteiger partial charge is 0.496 e. The maximum Gasteiger partial charge on any atom is 0.270 e. The molecule has 0 saturated carbocycles. The van der Waals surface area contributed by atoms with Crippen molar-refractivity contribution in [3.63, 3.8) is 0 Å². The van der Waals surface area contributed by atoms with Gasteiger partial charge in [-0.15, -0.1) is 0 Å². The normalized spacial score (nSPS) is 15.5. The fourth-order valence-electron chi connectivity index (χ4n) is 3.03. The van der Waals surface area contributed by atoms with Crippen molar-refractivity contribution in [2.45, 2.75) is 6.04 Å². The van der Waals surface area contributed by atoms with Gasteiger partial charge in [-0.3, -0.25) is 10.1 Å². The van der Waals surface area contributed by atoms with Gasteiger partial charge in [0.2, 0.25) is 0 Å². The van der Waals surface area contributed by atoms with Crippen LogP contribution in [0, 0.1) is 10.1 Å². The predicted octanol–water partition coefficient (Wildman–Crippen LogP) is 3.70. The third kappa shape index (κ3) is 2.69. The number of hydrogen-bond acceptors (Lipinski definition) is 6. The van der Waals surface area contributed by atoms with Crippen LogP contribution in [0.25, 0.3) is 10.9 Å². The predicted molar refractivity (Wildman–Crippen MR) is 93.3 cm³/mol. The van der Waals surface area contributed by atoms with E-state index in [0.717, 1.165) is 22.4 Å². The summed E-state index contributed by atoms with van der Waals surface area (Å²) in [6.45, 7) is 0.482. The molecular formula is C18H15N3O4. The highest BCUT2D eigenvalue weighted by Crippen LogP contribution is 2.40. The smallest absolute Gasteiger partial charge is 0.270 e. The molecule has 7 heteroatoms. The topological polar surface area (TPSA) is 86.5 Å². The number of nitrogens with one attached hydrogen (secondary N) is 1. The molecule has 1 atom stereocenters. The van der Waals surface area contributed by atoms with Crippen LogP contribution >= 0.6 is 0 Å². The third-order valence-corrected chi connectivity index (χ3v) is 4.21.